The molecule has 2 heterocycles. The molecule has 0 spiro atoms. The van der Waals surface area contributed by atoms with Crippen LogP contribution >= 0.6 is 15.9 Å². The number of alkyl halides is 1. The van der Waals surface area contributed by atoms with Crippen molar-refractivity contribution in [3.63, 3.8) is 0 Å². The first-order valence-corrected chi connectivity index (χ1v) is 8.09. The minimum absolute atomic E-state index is 0.309. The van der Waals surface area contributed by atoms with Crippen molar-refractivity contribution in [3.05, 3.63) is 0 Å². The molecule has 1 atom stereocenters. The van der Waals surface area contributed by atoms with Gasteiger partial charge in [0.25, 0.3) is 0 Å². The van der Waals surface area contributed by atoms with Crippen molar-refractivity contribution in [1.29, 1.82) is 0 Å². The van der Waals surface area contributed by atoms with Crippen molar-refractivity contribution in [2.75, 3.05) is 44.7 Å². The first kappa shape index (κ1) is 14.3. The van der Waals surface area contributed by atoms with E-state index in [9.17, 15) is 4.79 Å². The average molecular weight is 319 g/mol. The lowest BCUT2D eigenvalue weighted by molar-refractivity contribution is -0.133. The van der Waals surface area contributed by atoms with E-state index in [4.69, 9.17) is 4.74 Å². The standard InChI is InChI=1S/C13H23BrN2O2/c14-5-6-15-7-9-16(10-8-15)13(17)4-3-12-2-1-11-18-12/h12H,1-11H2. The largest absolute Gasteiger partial charge is 0.378 e. The van der Waals surface area contributed by atoms with E-state index in [0.717, 1.165) is 63.9 Å². The van der Waals surface area contributed by atoms with E-state index in [-0.39, 0.29) is 0 Å². The number of amides is 1. The summed E-state index contributed by atoms with van der Waals surface area (Å²) in [6.45, 7) is 5.76. The summed E-state index contributed by atoms with van der Waals surface area (Å²) in [4.78, 5) is 16.5. The third-order valence-electron chi connectivity index (χ3n) is 3.83. The Balaban J connectivity index is 1.64. The average Bonchev–Trinajstić information content (AvgIpc) is 2.90. The quantitative estimate of drug-likeness (QED) is 0.720. The fraction of sp³-hybridized carbons (Fsp3) is 0.923. The van der Waals surface area contributed by atoms with Gasteiger partial charge in [-0.2, -0.15) is 0 Å². The zero-order chi connectivity index (χ0) is 12.8. The molecule has 2 aliphatic heterocycles. The van der Waals surface area contributed by atoms with Crippen LogP contribution in [-0.2, 0) is 9.53 Å². The van der Waals surface area contributed by atoms with Crippen molar-refractivity contribution in [2.24, 2.45) is 0 Å². The third-order valence-corrected chi connectivity index (χ3v) is 4.18. The van der Waals surface area contributed by atoms with Gasteiger partial charge >= 0.3 is 0 Å². The Labute approximate surface area is 118 Å². The van der Waals surface area contributed by atoms with Gasteiger partial charge < -0.3 is 9.64 Å². The first-order chi connectivity index (χ1) is 8.79. The predicted octanol–water partition coefficient (Wildman–Crippen LogP) is 1.48. The summed E-state index contributed by atoms with van der Waals surface area (Å²) in [5.74, 6) is 0.309. The number of ether oxygens (including phenoxy) is 1. The molecule has 0 bridgehead atoms. The number of rotatable bonds is 5. The molecule has 0 aliphatic carbocycles. The fourth-order valence-electron chi connectivity index (χ4n) is 2.65. The van der Waals surface area contributed by atoms with E-state index < -0.39 is 0 Å². The molecule has 104 valence electrons. The molecule has 5 heteroatoms. The van der Waals surface area contributed by atoms with E-state index in [0.29, 0.717) is 18.4 Å². The van der Waals surface area contributed by atoms with Gasteiger partial charge in [0.05, 0.1) is 6.10 Å². The van der Waals surface area contributed by atoms with Crippen molar-refractivity contribution in [1.82, 2.24) is 9.80 Å². The highest BCUT2D eigenvalue weighted by atomic mass is 79.9. The normalized spacial score (nSPS) is 25.6. The van der Waals surface area contributed by atoms with Crippen LogP contribution in [0.5, 0.6) is 0 Å². The summed E-state index contributed by atoms with van der Waals surface area (Å²) in [5.41, 5.74) is 0. The molecule has 0 aromatic heterocycles. The van der Waals surface area contributed by atoms with Crippen LogP contribution in [0.2, 0.25) is 0 Å². The lowest BCUT2D eigenvalue weighted by atomic mass is 10.1. The Bertz CT molecular complexity index is 262. The molecule has 1 unspecified atom stereocenters. The van der Waals surface area contributed by atoms with Crippen LogP contribution in [0, 0.1) is 0 Å². The van der Waals surface area contributed by atoms with Gasteiger partial charge in [0.1, 0.15) is 0 Å². The van der Waals surface area contributed by atoms with E-state index >= 15 is 0 Å². The maximum atomic E-state index is 12.1. The second-order valence-electron chi connectivity index (χ2n) is 5.09. The minimum atomic E-state index is 0.309. The monoisotopic (exact) mass is 318 g/mol. The van der Waals surface area contributed by atoms with Crippen molar-refractivity contribution in [2.45, 2.75) is 31.8 Å². The van der Waals surface area contributed by atoms with Crippen LogP contribution in [-0.4, -0.2) is 66.5 Å². The second-order valence-corrected chi connectivity index (χ2v) is 5.88. The van der Waals surface area contributed by atoms with Gasteiger partial charge in [-0.15, -0.1) is 0 Å². The van der Waals surface area contributed by atoms with Gasteiger partial charge in [-0.05, 0) is 19.3 Å². The van der Waals surface area contributed by atoms with Crippen LogP contribution in [0.25, 0.3) is 0 Å². The smallest absolute Gasteiger partial charge is 0.222 e. The zero-order valence-electron chi connectivity index (χ0n) is 10.9. The van der Waals surface area contributed by atoms with Gasteiger partial charge in [-0.3, -0.25) is 9.69 Å². The summed E-state index contributed by atoms with van der Waals surface area (Å²) in [5, 5.41) is 1.01. The first-order valence-electron chi connectivity index (χ1n) is 6.97. The molecule has 0 aromatic rings. The highest BCUT2D eigenvalue weighted by Crippen LogP contribution is 2.17. The van der Waals surface area contributed by atoms with Crippen molar-refractivity contribution in [3.8, 4) is 0 Å². The number of hydrogen-bond acceptors (Lipinski definition) is 3. The molecule has 0 saturated carbocycles. The molecule has 2 rings (SSSR count). The summed E-state index contributed by atoms with van der Waals surface area (Å²) >= 11 is 3.46. The molecular formula is C13H23BrN2O2. The van der Waals surface area contributed by atoms with Crippen LogP contribution in [0.4, 0.5) is 0 Å². The Kier molecular flexibility index (Phi) is 5.92. The molecule has 1 amide bonds. The summed E-state index contributed by atoms with van der Waals surface area (Å²) in [6, 6.07) is 0. The molecule has 18 heavy (non-hydrogen) atoms. The summed E-state index contributed by atoms with van der Waals surface area (Å²) in [6.07, 6.45) is 4.18. The highest BCUT2D eigenvalue weighted by Gasteiger charge is 2.22. The molecule has 2 saturated heterocycles. The molecule has 0 N–H and O–H groups in total. The Morgan fingerprint density at radius 1 is 1.28 bits per heavy atom. The Morgan fingerprint density at radius 3 is 2.67 bits per heavy atom. The third kappa shape index (κ3) is 4.21. The van der Waals surface area contributed by atoms with Crippen LogP contribution < -0.4 is 0 Å². The lowest BCUT2D eigenvalue weighted by Gasteiger charge is -2.34. The zero-order valence-corrected chi connectivity index (χ0v) is 12.5. The van der Waals surface area contributed by atoms with E-state index in [1.54, 1.807) is 0 Å². The Morgan fingerprint density at radius 2 is 2.06 bits per heavy atom. The maximum absolute atomic E-state index is 12.1. The number of carbonyl (C=O) groups excluding carboxylic acids is 1. The summed E-state index contributed by atoms with van der Waals surface area (Å²) < 4.78 is 5.56. The van der Waals surface area contributed by atoms with Crippen LogP contribution in [0.15, 0.2) is 0 Å². The van der Waals surface area contributed by atoms with Gasteiger partial charge in [0.2, 0.25) is 5.91 Å². The van der Waals surface area contributed by atoms with Gasteiger partial charge in [0.15, 0.2) is 0 Å². The highest BCUT2D eigenvalue weighted by molar-refractivity contribution is 9.09. The maximum Gasteiger partial charge on any atom is 0.222 e. The predicted molar refractivity (Wildman–Crippen MR) is 75.0 cm³/mol. The lowest BCUT2D eigenvalue weighted by Crippen LogP contribution is -2.49. The molecule has 0 radical (unpaired) electrons. The van der Waals surface area contributed by atoms with Crippen LogP contribution in [0.1, 0.15) is 25.7 Å². The number of nitrogens with zero attached hydrogens (tertiary/aromatic N) is 2. The Hall–Kier alpha value is -0.130. The number of hydrogen-bond donors (Lipinski definition) is 0. The van der Waals surface area contributed by atoms with Crippen molar-refractivity contribution < 1.29 is 9.53 Å². The number of piperazine rings is 1. The van der Waals surface area contributed by atoms with Crippen molar-refractivity contribution >= 4 is 21.8 Å². The minimum Gasteiger partial charge on any atom is -0.378 e. The van der Waals surface area contributed by atoms with Gasteiger partial charge in [-0.25, -0.2) is 0 Å². The van der Waals surface area contributed by atoms with E-state index in [1.807, 2.05) is 4.90 Å². The number of carbonyl (C=O) groups is 1. The molecular weight excluding hydrogens is 296 g/mol. The van der Waals surface area contributed by atoms with Gasteiger partial charge in [-0.1, -0.05) is 15.9 Å². The molecule has 2 aliphatic rings. The molecule has 0 aromatic carbocycles. The van der Waals surface area contributed by atoms with E-state index in [2.05, 4.69) is 20.8 Å². The molecule has 4 nitrogen and oxygen atoms in total. The molecule has 2 fully saturated rings. The van der Waals surface area contributed by atoms with E-state index in [1.165, 1.54) is 0 Å². The fourth-order valence-corrected chi connectivity index (χ4v) is 3.16. The summed E-state index contributed by atoms with van der Waals surface area (Å²) in [7, 11) is 0. The van der Waals surface area contributed by atoms with Gasteiger partial charge in [0, 0.05) is 51.1 Å². The SMILES string of the molecule is O=C(CCC1CCCO1)N1CCN(CCBr)CC1. The van der Waals surface area contributed by atoms with Crippen LogP contribution in [0.3, 0.4) is 0 Å². The second kappa shape index (κ2) is 7.46. The number of halogens is 1. The topological polar surface area (TPSA) is 32.8 Å².